The normalized spacial score (nSPS) is 19.3. The lowest BCUT2D eigenvalue weighted by molar-refractivity contribution is 0.0653. The van der Waals surface area contributed by atoms with Gasteiger partial charge in [0.1, 0.15) is 0 Å². The van der Waals surface area contributed by atoms with Crippen LogP contribution in [0.5, 0.6) is 0 Å². The van der Waals surface area contributed by atoms with Crippen molar-refractivity contribution < 1.29 is 5.11 Å². The molecule has 1 saturated heterocycles. The van der Waals surface area contributed by atoms with Crippen LogP contribution in [0.4, 0.5) is 0 Å². The largest absolute Gasteiger partial charge is 0.390 e. The highest BCUT2D eigenvalue weighted by Crippen LogP contribution is 2.10. The third-order valence-electron chi connectivity index (χ3n) is 4.27. The van der Waals surface area contributed by atoms with Crippen molar-refractivity contribution in [3.8, 4) is 0 Å². The predicted octanol–water partition coefficient (Wildman–Crippen LogP) is 1.01. The minimum absolute atomic E-state index is 0.215. The molecule has 1 aliphatic heterocycles. The van der Waals surface area contributed by atoms with E-state index in [-0.39, 0.29) is 6.10 Å². The summed E-state index contributed by atoms with van der Waals surface area (Å²) in [5.74, 6) is 0.770. The number of rotatable bonds is 9. The van der Waals surface area contributed by atoms with Gasteiger partial charge in [0.2, 0.25) is 0 Å². The van der Waals surface area contributed by atoms with Gasteiger partial charge in [0.15, 0.2) is 0 Å². The van der Waals surface area contributed by atoms with E-state index in [0.29, 0.717) is 0 Å². The fourth-order valence-corrected chi connectivity index (χ4v) is 2.79. The maximum absolute atomic E-state index is 10.3. The Morgan fingerprint density at radius 3 is 2.26 bits per heavy atom. The molecule has 1 fully saturated rings. The number of nitrogens with zero attached hydrogens (tertiary/aromatic N) is 2. The topological polar surface area (TPSA) is 38.7 Å². The first-order valence-corrected chi connectivity index (χ1v) is 8.03. The summed E-state index contributed by atoms with van der Waals surface area (Å²) in [6.07, 6.45) is 2.26. The van der Waals surface area contributed by atoms with E-state index in [1.54, 1.807) is 0 Å². The number of likely N-dealkylation sites (N-methyl/N-ethyl adjacent to an activating group) is 1. The molecule has 0 amide bonds. The average Bonchev–Trinajstić information content (AvgIpc) is 2.44. The highest BCUT2D eigenvalue weighted by atomic mass is 16.3. The number of piperazine rings is 1. The van der Waals surface area contributed by atoms with Crippen LogP contribution in [0, 0.1) is 5.92 Å². The van der Waals surface area contributed by atoms with E-state index in [4.69, 9.17) is 0 Å². The van der Waals surface area contributed by atoms with Crippen molar-refractivity contribution in [2.45, 2.75) is 39.7 Å². The molecule has 0 radical (unpaired) electrons. The van der Waals surface area contributed by atoms with Gasteiger partial charge in [-0.2, -0.15) is 0 Å². The van der Waals surface area contributed by atoms with Gasteiger partial charge in [-0.05, 0) is 12.5 Å². The van der Waals surface area contributed by atoms with Gasteiger partial charge in [-0.1, -0.05) is 33.6 Å². The second-order valence-electron chi connectivity index (χ2n) is 5.74. The molecule has 0 saturated carbocycles. The number of aliphatic hydroxyl groups is 1. The van der Waals surface area contributed by atoms with Crippen LogP contribution in [0.15, 0.2) is 0 Å². The summed E-state index contributed by atoms with van der Waals surface area (Å²) in [5.41, 5.74) is 0. The Bertz CT molecular complexity index is 215. The first-order chi connectivity index (χ1) is 9.19. The number of β-amino-alcohol motifs (C(OH)–C–C–N with tert-alkyl or cyclic N) is 1. The lowest BCUT2D eigenvalue weighted by Crippen LogP contribution is -2.48. The molecule has 0 aliphatic carbocycles. The third kappa shape index (κ3) is 6.70. The lowest BCUT2D eigenvalue weighted by Gasteiger charge is -2.32. The molecule has 1 unspecified atom stereocenters. The second-order valence-corrected chi connectivity index (χ2v) is 5.74. The van der Waals surface area contributed by atoms with Crippen LogP contribution in [0.25, 0.3) is 0 Å². The van der Waals surface area contributed by atoms with Crippen LogP contribution in [0.1, 0.15) is 33.6 Å². The molecule has 0 aromatic heterocycles. The SMILES string of the molecule is CCC(CC)CN(CC)CC(O)CN1CCNCC1. The van der Waals surface area contributed by atoms with Gasteiger partial charge >= 0.3 is 0 Å². The van der Waals surface area contributed by atoms with E-state index in [1.165, 1.54) is 12.8 Å². The fraction of sp³-hybridized carbons (Fsp3) is 1.00. The molecule has 4 nitrogen and oxygen atoms in total. The Labute approximate surface area is 119 Å². The molecule has 19 heavy (non-hydrogen) atoms. The molecule has 1 aliphatic rings. The zero-order valence-corrected chi connectivity index (χ0v) is 13.1. The summed E-state index contributed by atoms with van der Waals surface area (Å²) in [6.45, 7) is 14.8. The van der Waals surface area contributed by atoms with Crippen molar-refractivity contribution in [2.24, 2.45) is 5.92 Å². The summed E-state index contributed by atoms with van der Waals surface area (Å²) in [5, 5.41) is 13.6. The lowest BCUT2D eigenvalue weighted by atomic mass is 10.0. The van der Waals surface area contributed by atoms with Crippen LogP contribution < -0.4 is 5.32 Å². The van der Waals surface area contributed by atoms with Crippen molar-refractivity contribution in [2.75, 3.05) is 52.4 Å². The summed E-state index contributed by atoms with van der Waals surface area (Å²) in [6, 6.07) is 0. The number of hydrogen-bond donors (Lipinski definition) is 2. The minimum Gasteiger partial charge on any atom is -0.390 e. The first kappa shape index (κ1) is 16.9. The molecule has 0 aromatic carbocycles. The Kier molecular flexibility index (Phi) is 8.62. The molecule has 1 heterocycles. The molecular weight excluding hydrogens is 238 g/mol. The van der Waals surface area contributed by atoms with E-state index in [0.717, 1.165) is 58.3 Å². The van der Waals surface area contributed by atoms with E-state index in [1.807, 2.05) is 0 Å². The average molecular weight is 271 g/mol. The monoisotopic (exact) mass is 271 g/mol. The van der Waals surface area contributed by atoms with Crippen LogP contribution in [-0.2, 0) is 0 Å². The zero-order chi connectivity index (χ0) is 14.1. The van der Waals surface area contributed by atoms with E-state index in [2.05, 4.69) is 35.9 Å². The zero-order valence-electron chi connectivity index (χ0n) is 13.1. The quantitative estimate of drug-likeness (QED) is 0.656. The van der Waals surface area contributed by atoms with E-state index in [9.17, 15) is 5.11 Å². The van der Waals surface area contributed by atoms with Crippen LogP contribution in [0.2, 0.25) is 0 Å². The van der Waals surface area contributed by atoms with Gasteiger partial charge in [-0.25, -0.2) is 0 Å². The summed E-state index contributed by atoms with van der Waals surface area (Å²) >= 11 is 0. The summed E-state index contributed by atoms with van der Waals surface area (Å²) in [7, 11) is 0. The Balaban J connectivity index is 2.28. The summed E-state index contributed by atoms with van der Waals surface area (Å²) in [4.78, 5) is 4.77. The number of aliphatic hydroxyl groups excluding tert-OH is 1. The molecule has 0 aromatic rings. The minimum atomic E-state index is -0.215. The number of hydrogen-bond acceptors (Lipinski definition) is 4. The van der Waals surface area contributed by atoms with Crippen molar-refractivity contribution in [1.82, 2.24) is 15.1 Å². The van der Waals surface area contributed by atoms with Gasteiger partial charge < -0.3 is 15.3 Å². The molecule has 1 rings (SSSR count). The summed E-state index contributed by atoms with van der Waals surface area (Å²) < 4.78 is 0. The van der Waals surface area contributed by atoms with E-state index < -0.39 is 0 Å². The van der Waals surface area contributed by atoms with Gasteiger partial charge in [0.05, 0.1) is 6.10 Å². The molecule has 0 spiro atoms. The molecule has 2 N–H and O–H groups in total. The third-order valence-corrected chi connectivity index (χ3v) is 4.27. The molecule has 114 valence electrons. The molecular formula is C15H33N3O. The Morgan fingerprint density at radius 1 is 1.11 bits per heavy atom. The van der Waals surface area contributed by atoms with Gasteiger partial charge in [-0.3, -0.25) is 4.90 Å². The van der Waals surface area contributed by atoms with Crippen LogP contribution in [-0.4, -0.2) is 73.4 Å². The van der Waals surface area contributed by atoms with Gasteiger partial charge in [-0.15, -0.1) is 0 Å². The predicted molar refractivity (Wildman–Crippen MR) is 81.5 cm³/mol. The van der Waals surface area contributed by atoms with Crippen molar-refractivity contribution in [1.29, 1.82) is 0 Å². The molecule has 1 atom stereocenters. The number of nitrogens with one attached hydrogen (secondary N) is 1. The standard InChI is InChI=1S/C15H33N3O/c1-4-14(5-2)11-17(6-3)12-15(19)13-18-9-7-16-8-10-18/h14-16,19H,4-13H2,1-3H3. The Hall–Kier alpha value is -0.160. The van der Waals surface area contributed by atoms with Crippen molar-refractivity contribution >= 4 is 0 Å². The van der Waals surface area contributed by atoms with Crippen LogP contribution >= 0.6 is 0 Å². The fourth-order valence-electron chi connectivity index (χ4n) is 2.79. The first-order valence-electron chi connectivity index (χ1n) is 8.03. The smallest absolute Gasteiger partial charge is 0.0793 e. The van der Waals surface area contributed by atoms with Gasteiger partial charge in [0.25, 0.3) is 0 Å². The van der Waals surface area contributed by atoms with Crippen molar-refractivity contribution in [3.05, 3.63) is 0 Å². The maximum atomic E-state index is 10.3. The highest BCUT2D eigenvalue weighted by molar-refractivity contribution is 4.74. The molecule has 4 heteroatoms. The van der Waals surface area contributed by atoms with Crippen LogP contribution in [0.3, 0.4) is 0 Å². The highest BCUT2D eigenvalue weighted by Gasteiger charge is 2.17. The van der Waals surface area contributed by atoms with E-state index >= 15 is 0 Å². The molecule has 0 bridgehead atoms. The van der Waals surface area contributed by atoms with Crippen molar-refractivity contribution in [3.63, 3.8) is 0 Å². The van der Waals surface area contributed by atoms with Gasteiger partial charge in [0, 0.05) is 45.8 Å². The maximum Gasteiger partial charge on any atom is 0.0793 e. The second kappa shape index (κ2) is 9.70. The Morgan fingerprint density at radius 2 is 1.74 bits per heavy atom.